The number of aryl methyl sites for hydroxylation is 1. The molecule has 3 aromatic carbocycles. The molecule has 1 fully saturated rings. The van der Waals surface area contributed by atoms with E-state index in [1.54, 1.807) is 20.8 Å². The van der Waals surface area contributed by atoms with E-state index in [1.165, 1.54) is 4.90 Å². The minimum atomic E-state index is -1.30. The molecule has 4 rings (SSSR count). The minimum absolute atomic E-state index is 0.240. The molecule has 2 atom stereocenters. The molecule has 0 saturated heterocycles. The van der Waals surface area contributed by atoms with Crippen LogP contribution in [0.25, 0.3) is 10.8 Å². The number of hydrogen-bond donors (Lipinski definition) is 3. The Morgan fingerprint density at radius 3 is 2.25 bits per heavy atom. The predicted molar refractivity (Wildman–Crippen MR) is 153 cm³/mol. The third-order valence-electron chi connectivity index (χ3n) is 6.62. The Bertz CT molecular complexity index is 1430. The molecule has 2 unspecified atom stereocenters. The molecule has 1 saturated carbocycles. The number of alkyl carbamates (subject to hydrolysis) is 1. The average molecular weight is 545 g/mol. The van der Waals surface area contributed by atoms with Crippen molar-refractivity contribution in [2.75, 3.05) is 5.32 Å². The highest BCUT2D eigenvalue weighted by Gasteiger charge is 2.44. The van der Waals surface area contributed by atoms with Crippen molar-refractivity contribution < 1.29 is 23.9 Å². The Hall–Kier alpha value is -4.40. The lowest BCUT2D eigenvalue weighted by molar-refractivity contribution is -0.142. The second-order valence-corrected chi connectivity index (χ2v) is 11.2. The number of rotatable bonds is 9. The summed E-state index contributed by atoms with van der Waals surface area (Å²) in [5.41, 5.74) is 6.71. The summed E-state index contributed by atoms with van der Waals surface area (Å²) in [6.45, 7) is 6.96. The summed E-state index contributed by atoms with van der Waals surface area (Å²) in [5, 5.41) is 7.50. The summed E-state index contributed by atoms with van der Waals surface area (Å²) in [4.78, 5) is 54.2. The van der Waals surface area contributed by atoms with Crippen molar-refractivity contribution >= 4 is 40.3 Å². The van der Waals surface area contributed by atoms with Crippen LogP contribution in [0, 0.1) is 6.92 Å². The van der Waals surface area contributed by atoms with Crippen LogP contribution in [0.1, 0.15) is 57.2 Å². The lowest BCUT2D eigenvalue weighted by atomic mass is 9.97. The first kappa shape index (κ1) is 28.6. The van der Waals surface area contributed by atoms with Gasteiger partial charge in [-0.05, 0) is 74.6 Å². The fraction of sp³-hybridized carbons (Fsp3) is 0.355. The van der Waals surface area contributed by atoms with Gasteiger partial charge in [-0.15, -0.1) is 0 Å². The first-order valence-electron chi connectivity index (χ1n) is 13.4. The van der Waals surface area contributed by atoms with Crippen molar-refractivity contribution in [2.24, 2.45) is 5.73 Å². The third kappa shape index (κ3) is 7.16. The maximum atomic E-state index is 14.1. The number of nitrogens with one attached hydrogen (secondary N) is 2. The molecule has 4 amide bonds. The lowest BCUT2D eigenvalue weighted by Crippen LogP contribution is -2.54. The maximum absolute atomic E-state index is 14.1. The maximum Gasteiger partial charge on any atom is 0.408 e. The van der Waals surface area contributed by atoms with Crippen LogP contribution in [0.2, 0.25) is 0 Å². The van der Waals surface area contributed by atoms with E-state index in [0.717, 1.165) is 16.3 Å². The van der Waals surface area contributed by atoms with Crippen molar-refractivity contribution in [3.63, 3.8) is 0 Å². The Kier molecular flexibility index (Phi) is 8.42. The number of hydrogen-bond acceptors (Lipinski definition) is 5. The van der Waals surface area contributed by atoms with Gasteiger partial charge >= 0.3 is 6.09 Å². The Morgan fingerprint density at radius 2 is 1.62 bits per heavy atom. The molecule has 0 aliphatic heterocycles. The van der Waals surface area contributed by atoms with Gasteiger partial charge in [-0.2, -0.15) is 0 Å². The van der Waals surface area contributed by atoms with E-state index >= 15 is 0 Å². The van der Waals surface area contributed by atoms with Crippen LogP contribution in [0.5, 0.6) is 0 Å². The van der Waals surface area contributed by atoms with Gasteiger partial charge in [0.2, 0.25) is 11.8 Å². The van der Waals surface area contributed by atoms with E-state index in [-0.39, 0.29) is 6.04 Å². The SMILES string of the molecule is Cc1ccccc1C(C(=O)Nc1ccc2ccccc2c1)N(C(=O)C(CC(N)=O)NC(=O)OC(C)(C)C)C1CC1. The topological polar surface area (TPSA) is 131 Å². The molecule has 210 valence electrons. The molecule has 0 spiro atoms. The van der Waals surface area contributed by atoms with Crippen molar-refractivity contribution in [1.29, 1.82) is 0 Å². The van der Waals surface area contributed by atoms with Crippen LogP contribution in [0.15, 0.2) is 66.7 Å². The van der Waals surface area contributed by atoms with Gasteiger partial charge in [-0.25, -0.2) is 4.79 Å². The van der Waals surface area contributed by atoms with Crippen molar-refractivity contribution in [2.45, 2.75) is 70.7 Å². The zero-order valence-corrected chi connectivity index (χ0v) is 23.3. The van der Waals surface area contributed by atoms with Crippen LogP contribution < -0.4 is 16.4 Å². The highest BCUT2D eigenvalue weighted by Crippen LogP contribution is 2.37. The van der Waals surface area contributed by atoms with E-state index in [2.05, 4.69) is 10.6 Å². The van der Waals surface area contributed by atoms with Crippen molar-refractivity contribution in [1.82, 2.24) is 10.2 Å². The molecule has 0 radical (unpaired) electrons. The summed E-state index contributed by atoms with van der Waals surface area (Å²) < 4.78 is 5.33. The smallest absolute Gasteiger partial charge is 0.408 e. The summed E-state index contributed by atoms with van der Waals surface area (Å²) >= 11 is 0. The van der Waals surface area contributed by atoms with Gasteiger partial charge in [0.05, 0.1) is 6.42 Å². The fourth-order valence-corrected chi connectivity index (χ4v) is 4.69. The number of benzene rings is 3. The second-order valence-electron chi connectivity index (χ2n) is 11.2. The van der Waals surface area contributed by atoms with Gasteiger partial charge < -0.3 is 26.0 Å². The van der Waals surface area contributed by atoms with Crippen molar-refractivity contribution in [3.8, 4) is 0 Å². The number of ether oxygens (including phenoxy) is 1. The fourth-order valence-electron chi connectivity index (χ4n) is 4.69. The van der Waals surface area contributed by atoms with Crippen LogP contribution >= 0.6 is 0 Å². The van der Waals surface area contributed by atoms with E-state index in [0.29, 0.717) is 24.1 Å². The molecule has 9 nitrogen and oxygen atoms in total. The zero-order chi connectivity index (χ0) is 29.0. The molecule has 3 aromatic rings. The normalized spacial score (nSPS) is 14.6. The molecular formula is C31H36N4O5. The zero-order valence-electron chi connectivity index (χ0n) is 23.3. The number of nitrogens with zero attached hydrogens (tertiary/aromatic N) is 1. The third-order valence-corrected chi connectivity index (χ3v) is 6.62. The Morgan fingerprint density at radius 1 is 0.975 bits per heavy atom. The summed E-state index contributed by atoms with van der Waals surface area (Å²) in [6.07, 6.45) is 0.0878. The summed E-state index contributed by atoms with van der Waals surface area (Å²) in [5.74, 6) is -1.74. The van der Waals surface area contributed by atoms with E-state index < -0.39 is 47.9 Å². The highest BCUT2D eigenvalue weighted by atomic mass is 16.6. The van der Waals surface area contributed by atoms with Crippen LogP contribution in [0.3, 0.4) is 0 Å². The van der Waals surface area contributed by atoms with E-state index in [9.17, 15) is 19.2 Å². The van der Waals surface area contributed by atoms with Gasteiger partial charge in [0, 0.05) is 11.7 Å². The van der Waals surface area contributed by atoms with E-state index in [4.69, 9.17) is 10.5 Å². The molecule has 0 bridgehead atoms. The van der Waals surface area contributed by atoms with Gasteiger partial charge in [-0.1, -0.05) is 54.6 Å². The van der Waals surface area contributed by atoms with Gasteiger partial charge in [0.1, 0.15) is 17.7 Å². The molecule has 0 aromatic heterocycles. The molecule has 40 heavy (non-hydrogen) atoms. The quantitative estimate of drug-likeness (QED) is 0.363. The van der Waals surface area contributed by atoms with Crippen LogP contribution in [-0.2, 0) is 19.1 Å². The van der Waals surface area contributed by atoms with Crippen LogP contribution in [0.4, 0.5) is 10.5 Å². The number of anilines is 1. The number of carbonyl (C=O) groups is 4. The number of carbonyl (C=O) groups excluding carboxylic acids is 4. The monoisotopic (exact) mass is 544 g/mol. The largest absolute Gasteiger partial charge is 0.444 e. The average Bonchev–Trinajstić information content (AvgIpc) is 3.71. The molecule has 9 heteroatoms. The molecule has 4 N–H and O–H groups in total. The number of nitrogens with two attached hydrogens (primary N) is 1. The van der Waals surface area contributed by atoms with Gasteiger partial charge in [-0.3, -0.25) is 14.4 Å². The van der Waals surface area contributed by atoms with Gasteiger partial charge in [0.15, 0.2) is 0 Å². The number of amides is 4. The van der Waals surface area contributed by atoms with Gasteiger partial charge in [0.25, 0.3) is 5.91 Å². The molecule has 0 heterocycles. The number of fused-ring (bicyclic) bond motifs is 1. The molecular weight excluding hydrogens is 508 g/mol. The summed E-state index contributed by atoms with van der Waals surface area (Å²) in [7, 11) is 0. The standard InChI is InChI=1S/C31H36N4O5/c1-19-9-5-8-12-24(19)27(28(37)33-22-14-13-20-10-6-7-11-21(20)17-22)35(23-15-16-23)29(38)25(18-26(32)36)34-30(39)40-31(2,3)4/h5-14,17,23,25,27H,15-16,18H2,1-4H3,(H2,32,36)(H,33,37)(H,34,39). The van der Waals surface area contributed by atoms with Crippen molar-refractivity contribution in [3.05, 3.63) is 77.9 Å². The minimum Gasteiger partial charge on any atom is -0.444 e. The number of primary amides is 1. The first-order valence-corrected chi connectivity index (χ1v) is 13.4. The molecule has 1 aliphatic rings. The summed E-state index contributed by atoms with van der Waals surface area (Å²) in [6, 6.07) is 18.3. The van der Waals surface area contributed by atoms with Crippen LogP contribution in [-0.4, -0.2) is 46.4 Å². The predicted octanol–water partition coefficient (Wildman–Crippen LogP) is 4.59. The second kappa shape index (κ2) is 11.8. The Balaban J connectivity index is 1.70. The highest BCUT2D eigenvalue weighted by molar-refractivity contribution is 6.01. The lowest BCUT2D eigenvalue weighted by Gasteiger charge is -2.35. The van der Waals surface area contributed by atoms with E-state index in [1.807, 2.05) is 73.7 Å². The molecule has 1 aliphatic carbocycles. The first-order chi connectivity index (χ1) is 18.9. The Labute approximate surface area is 234 Å².